The normalized spacial score (nSPS) is 22.1. The van der Waals surface area contributed by atoms with Crippen molar-refractivity contribution < 1.29 is 9.31 Å². The minimum absolute atomic E-state index is 0.113. The molecule has 1 saturated heterocycles. The number of benzene rings is 1. The van der Waals surface area contributed by atoms with E-state index >= 15 is 0 Å². The van der Waals surface area contributed by atoms with Gasteiger partial charge in [0.2, 0.25) is 0 Å². The molecule has 0 radical (unpaired) electrons. The van der Waals surface area contributed by atoms with Crippen molar-refractivity contribution in [2.24, 2.45) is 5.73 Å². The molecule has 0 bridgehead atoms. The van der Waals surface area contributed by atoms with Crippen LogP contribution in [0.15, 0.2) is 18.2 Å². The first-order valence-corrected chi connectivity index (χ1v) is 7.40. The van der Waals surface area contributed by atoms with Crippen molar-refractivity contribution in [1.29, 1.82) is 0 Å². The largest absolute Gasteiger partial charge is 0.496 e. The van der Waals surface area contributed by atoms with Crippen LogP contribution in [0.1, 0.15) is 40.2 Å². The zero-order chi connectivity index (χ0) is 15.1. The van der Waals surface area contributed by atoms with Gasteiger partial charge < -0.3 is 15.0 Å². The molecule has 1 aliphatic rings. The van der Waals surface area contributed by atoms with E-state index in [9.17, 15) is 0 Å². The van der Waals surface area contributed by atoms with Crippen LogP contribution in [0.5, 0.6) is 0 Å². The van der Waals surface area contributed by atoms with Crippen molar-refractivity contribution in [2.45, 2.75) is 58.3 Å². The number of nitrogens with two attached hydrogens (primary N) is 1. The molecule has 1 aromatic rings. The van der Waals surface area contributed by atoms with Crippen molar-refractivity contribution in [1.82, 2.24) is 0 Å². The Bertz CT molecular complexity index is 487. The highest BCUT2D eigenvalue weighted by molar-refractivity contribution is 6.65. The van der Waals surface area contributed by atoms with Crippen LogP contribution in [-0.4, -0.2) is 24.4 Å². The maximum atomic E-state index is 6.31. The Morgan fingerprint density at radius 3 is 2.25 bits per heavy atom. The number of halogens is 1. The SMILES string of the molecule is CC(N)Cc1ccc(Cl)c(B2OC(C)(C)C(C)(C)O2)c1. The smallest absolute Gasteiger partial charge is 0.399 e. The Kier molecular flexibility index (Phi) is 4.23. The molecule has 3 nitrogen and oxygen atoms in total. The molecule has 0 saturated carbocycles. The summed E-state index contributed by atoms with van der Waals surface area (Å²) in [6.07, 6.45) is 0.809. The summed E-state index contributed by atoms with van der Waals surface area (Å²) in [6.45, 7) is 10.1. The van der Waals surface area contributed by atoms with Gasteiger partial charge in [-0.3, -0.25) is 0 Å². The summed E-state index contributed by atoms with van der Waals surface area (Å²) in [5, 5.41) is 0.664. The monoisotopic (exact) mass is 295 g/mol. The van der Waals surface area contributed by atoms with Crippen molar-refractivity contribution in [2.75, 3.05) is 0 Å². The van der Waals surface area contributed by atoms with Gasteiger partial charge in [-0.25, -0.2) is 0 Å². The third kappa shape index (κ3) is 3.04. The summed E-state index contributed by atoms with van der Waals surface area (Å²) >= 11 is 6.31. The zero-order valence-electron chi connectivity index (χ0n) is 12.9. The van der Waals surface area contributed by atoms with E-state index in [2.05, 4.69) is 0 Å². The van der Waals surface area contributed by atoms with E-state index in [0.717, 1.165) is 17.4 Å². The Morgan fingerprint density at radius 2 is 1.75 bits per heavy atom. The van der Waals surface area contributed by atoms with Crippen LogP contribution in [0, 0.1) is 0 Å². The van der Waals surface area contributed by atoms with Gasteiger partial charge in [-0.05, 0) is 52.7 Å². The minimum atomic E-state index is -0.430. The van der Waals surface area contributed by atoms with Crippen LogP contribution >= 0.6 is 11.6 Å². The Balaban J connectivity index is 2.30. The van der Waals surface area contributed by atoms with Gasteiger partial charge in [-0.1, -0.05) is 23.7 Å². The maximum Gasteiger partial charge on any atom is 0.496 e. The molecule has 2 N–H and O–H groups in total. The quantitative estimate of drug-likeness (QED) is 0.872. The lowest BCUT2D eigenvalue weighted by Crippen LogP contribution is -2.41. The molecule has 1 atom stereocenters. The van der Waals surface area contributed by atoms with Gasteiger partial charge in [0.25, 0.3) is 0 Å². The van der Waals surface area contributed by atoms with Crippen LogP contribution in [0.4, 0.5) is 0 Å². The van der Waals surface area contributed by atoms with Gasteiger partial charge in [0, 0.05) is 16.5 Å². The van der Waals surface area contributed by atoms with Crippen LogP contribution in [0.3, 0.4) is 0 Å². The van der Waals surface area contributed by atoms with E-state index in [1.54, 1.807) is 0 Å². The molecular weight excluding hydrogens is 272 g/mol. The highest BCUT2D eigenvalue weighted by Gasteiger charge is 2.52. The van der Waals surface area contributed by atoms with E-state index in [0.29, 0.717) is 5.02 Å². The molecule has 2 rings (SSSR count). The number of hydrogen-bond acceptors (Lipinski definition) is 3. The molecule has 110 valence electrons. The minimum Gasteiger partial charge on any atom is -0.399 e. The lowest BCUT2D eigenvalue weighted by Gasteiger charge is -2.32. The molecule has 1 unspecified atom stereocenters. The number of hydrogen-bond donors (Lipinski definition) is 1. The Hall–Kier alpha value is -0.545. The van der Waals surface area contributed by atoms with Gasteiger partial charge >= 0.3 is 7.12 Å². The standard InChI is InChI=1S/C15H23BClNO2/c1-10(18)8-11-6-7-13(17)12(9-11)16-19-14(2,3)15(4,5)20-16/h6-7,9-10H,8,18H2,1-5H3. The van der Waals surface area contributed by atoms with Crippen molar-refractivity contribution in [3.8, 4) is 0 Å². The molecule has 1 fully saturated rings. The maximum absolute atomic E-state index is 6.31. The fourth-order valence-electron chi connectivity index (χ4n) is 2.24. The molecule has 0 amide bonds. The highest BCUT2D eigenvalue weighted by Crippen LogP contribution is 2.37. The summed E-state index contributed by atoms with van der Waals surface area (Å²) in [7, 11) is -0.430. The van der Waals surface area contributed by atoms with Crippen LogP contribution in [-0.2, 0) is 15.7 Å². The predicted molar refractivity (Wildman–Crippen MR) is 84.5 cm³/mol. The number of rotatable bonds is 3. The second kappa shape index (κ2) is 5.34. The molecule has 0 aromatic heterocycles. The molecule has 5 heteroatoms. The van der Waals surface area contributed by atoms with E-state index in [1.165, 1.54) is 0 Å². The van der Waals surface area contributed by atoms with Crippen LogP contribution in [0.25, 0.3) is 0 Å². The lowest BCUT2D eigenvalue weighted by atomic mass is 9.78. The van der Waals surface area contributed by atoms with E-state index in [-0.39, 0.29) is 17.2 Å². The van der Waals surface area contributed by atoms with E-state index < -0.39 is 7.12 Å². The molecule has 0 spiro atoms. The van der Waals surface area contributed by atoms with Gasteiger partial charge in [-0.2, -0.15) is 0 Å². The first kappa shape index (κ1) is 15.8. The average molecular weight is 296 g/mol. The lowest BCUT2D eigenvalue weighted by molar-refractivity contribution is 0.00578. The molecule has 20 heavy (non-hydrogen) atoms. The molecule has 0 aliphatic carbocycles. The summed E-state index contributed by atoms with van der Waals surface area (Å²) in [5.74, 6) is 0. The van der Waals surface area contributed by atoms with Crippen molar-refractivity contribution >= 4 is 24.2 Å². The zero-order valence-corrected chi connectivity index (χ0v) is 13.6. The fourth-order valence-corrected chi connectivity index (χ4v) is 2.45. The van der Waals surface area contributed by atoms with Crippen LogP contribution in [0.2, 0.25) is 5.02 Å². The summed E-state index contributed by atoms with van der Waals surface area (Å²) in [5.41, 5.74) is 7.16. The third-order valence-electron chi connectivity index (χ3n) is 4.13. The van der Waals surface area contributed by atoms with E-state index in [1.807, 2.05) is 52.8 Å². The fraction of sp³-hybridized carbons (Fsp3) is 0.600. The topological polar surface area (TPSA) is 44.5 Å². The highest BCUT2D eigenvalue weighted by atomic mass is 35.5. The predicted octanol–water partition coefficient (Wildman–Crippen LogP) is 2.53. The first-order chi connectivity index (χ1) is 9.12. The van der Waals surface area contributed by atoms with Gasteiger partial charge in [0.05, 0.1) is 11.2 Å². The Morgan fingerprint density at radius 1 is 1.20 bits per heavy atom. The van der Waals surface area contributed by atoms with Gasteiger partial charge in [-0.15, -0.1) is 0 Å². The molecule has 1 aliphatic heterocycles. The molecular formula is C15H23BClNO2. The van der Waals surface area contributed by atoms with Crippen molar-refractivity contribution in [3.05, 3.63) is 28.8 Å². The average Bonchev–Trinajstić information content (AvgIpc) is 2.50. The summed E-state index contributed by atoms with van der Waals surface area (Å²) in [4.78, 5) is 0. The second-order valence-corrected chi connectivity index (χ2v) is 7.03. The third-order valence-corrected chi connectivity index (χ3v) is 4.47. The first-order valence-electron chi connectivity index (χ1n) is 7.02. The van der Waals surface area contributed by atoms with Crippen molar-refractivity contribution in [3.63, 3.8) is 0 Å². The van der Waals surface area contributed by atoms with Crippen LogP contribution < -0.4 is 11.2 Å². The van der Waals surface area contributed by atoms with Gasteiger partial charge in [0.15, 0.2) is 0 Å². The molecule has 1 heterocycles. The Labute approximate surface area is 126 Å². The molecule has 1 aromatic carbocycles. The second-order valence-electron chi connectivity index (χ2n) is 6.63. The summed E-state index contributed by atoms with van der Waals surface area (Å²) < 4.78 is 12.1. The van der Waals surface area contributed by atoms with E-state index in [4.69, 9.17) is 26.6 Å². The van der Waals surface area contributed by atoms with Gasteiger partial charge in [0.1, 0.15) is 0 Å². The summed E-state index contributed by atoms with van der Waals surface area (Å²) in [6, 6.07) is 6.04.